The van der Waals surface area contributed by atoms with Gasteiger partial charge in [0.25, 0.3) is 0 Å². The van der Waals surface area contributed by atoms with Crippen molar-refractivity contribution in [3.63, 3.8) is 0 Å². The summed E-state index contributed by atoms with van der Waals surface area (Å²) in [6.07, 6.45) is 7.46. The lowest BCUT2D eigenvalue weighted by Crippen LogP contribution is -2.56. The number of piperazine rings is 1. The standard InChI is InChI=1S/C17H29N3/c1-4-17-12-19-16(10-14(2)3)13-20(17)9-7-15-6-5-8-18-11-15/h5-6,8,11,14,16-17,19H,4,7,9-10,12-13H2,1-3H3. The molecular weight excluding hydrogens is 246 g/mol. The average molecular weight is 275 g/mol. The van der Waals surface area contributed by atoms with Crippen molar-refractivity contribution in [3.05, 3.63) is 30.1 Å². The molecule has 1 aromatic heterocycles. The predicted octanol–water partition coefficient (Wildman–Crippen LogP) is 2.72. The fourth-order valence-corrected chi connectivity index (χ4v) is 3.15. The Bertz CT molecular complexity index is 377. The van der Waals surface area contributed by atoms with Crippen LogP contribution < -0.4 is 5.32 Å². The van der Waals surface area contributed by atoms with Gasteiger partial charge in [0.05, 0.1) is 0 Å². The third-order valence-electron chi connectivity index (χ3n) is 4.25. The van der Waals surface area contributed by atoms with Crippen molar-refractivity contribution in [1.82, 2.24) is 15.2 Å². The van der Waals surface area contributed by atoms with Gasteiger partial charge >= 0.3 is 0 Å². The fourth-order valence-electron chi connectivity index (χ4n) is 3.15. The van der Waals surface area contributed by atoms with E-state index in [0.717, 1.165) is 25.4 Å². The second-order valence-corrected chi connectivity index (χ2v) is 6.40. The Morgan fingerprint density at radius 2 is 2.30 bits per heavy atom. The molecule has 0 radical (unpaired) electrons. The quantitative estimate of drug-likeness (QED) is 0.865. The Labute approximate surface area is 123 Å². The Kier molecular flexibility index (Phi) is 5.99. The van der Waals surface area contributed by atoms with Gasteiger partial charge < -0.3 is 5.32 Å². The molecule has 0 spiro atoms. The molecule has 0 bridgehead atoms. The van der Waals surface area contributed by atoms with E-state index in [1.807, 2.05) is 18.5 Å². The highest BCUT2D eigenvalue weighted by molar-refractivity contribution is 5.09. The van der Waals surface area contributed by atoms with E-state index in [2.05, 4.69) is 42.0 Å². The van der Waals surface area contributed by atoms with Crippen LogP contribution in [0.2, 0.25) is 0 Å². The van der Waals surface area contributed by atoms with Crippen LogP contribution >= 0.6 is 0 Å². The van der Waals surface area contributed by atoms with Crippen molar-refractivity contribution in [2.75, 3.05) is 19.6 Å². The summed E-state index contributed by atoms with van der Waals surface area (Å²) in [5, 5.41) is 3.73. The summed E-state index contributed by atoms with van der Waals surface area (Å²) in [5.41, 5.74) is 1.35. The maximum Gasteiger partial charge on any atom is 0.0300 e. The summed E-state index contributed by atoms with van der Waals surface area (Å²) in [7, 11) is 0. The SMILES string of the molecule is CCC1CNC(CC(C)C)CN1CCc1cccnc1. The number of aromatic nitrogens is 1. The second-order valence-electron chi connectivity index (χ2n) is 6.40. The first-order valence-electron chi connectivity index (χ1n) is 8.05. The highest BCUT2D eigenvalue weighted by Crippen LogP contribution is 2.15. The van der Waals surface area contributed by atoms with E-state index < -0.39 is 0 Å². The first-order chi connectivity index (χ1) is 9.69. The Morgan fingerprint density at radius 3 is 2.95 bits per heavy atom. The molecule has 1 fully saturated rings. The van der Waals surface area contributed by atoms with Crippen molar-refractivity contribution < 1.29 is 0 Å². The lowest BCUT2D eigenvalue weighted by molar-refractivity contribution is 0.120. The van der Waals surface area contributed by atoms with Crippen molar-refractivity contribution in [2.45, 2.75) is 52.1 Å². The van der Waals surface area contributed by atoms with E-state index >= 15 is 0 Å². The van der Waals surface area contributed by atoms with Crippen LogP contribution in [0.15, 0.2) is 24.5 Å². The van der Waals surface area contributed by atoms with Gasteiger partial charge in [-0.25, -0.2) is 0 Å². The number of nitrogens with one attached hydrogen (secondary N) is 1. The topological polar surface area (TPSA) is 28.2 Å². The Hall–Kier alpha value is -0.930. The second kappa shape index (κ2) is 7.75. The molecule has 3 nitrogen and oxygen atoms in total. The minimum atomic E-state index is 0.659. The number of nitrogens with zero attached hydrogens (tertiary/aromatic N) is 2. The van der Waals surface area contributed by atoms with Gasteiger partial charge in [-0.1, -0.05) is 26.8 Å². The molecule has 2 atom stereocenters. The molecule has 0 aromatic carbocycles. The van der Waals surface area contributed by atoms with E-state index in [1.165, 1.54) is 24.9 Å². The Morgan fingerprint density at radius 1 is 1.45 bits per heavy atom. The molecule has 1 N–H and O–H groups in total. The molecule has 1 aliphatic heterocycles. The van der Waals surface area contributed by atoms with Crippen LogP contribution in [0.3, 0.4) is 0 Å². The minimum Gasteiger partial charge on any atom is -0.311 e. The van der Waals surface area contributed by atoms with Gasteiger partial charge in [-0.05, 0) is 36.8 Å². The van der Waals surface area contributed by atoms with Crippen molar-refractivity contribution in [3.8, 4) is 0 Å². The van der Waals surface area contributed by atoms with E-state index in [9.17, 15) is 0 Å². The van der Waals surface area contributed by atoms with Crippen LogP contribution in [0.5, 0.6) is 0 Å². The van der Waals surface area contributed by atoms with Crippen LogP contribution in [0.1, 0.15) is 39.2 Å². The lowest BCUT2D eigenvalue weighted by Gasteiger charge is -2.40. The number of hydrogen-bond acceptors (Lipinski definition) is 3. The average Bonchev–Trinajstić information content (AvgIpc) is 2.46. The fraction of sp³-hybridized carbons (Fsp3) is 0.706. The monoisotopic (exact) mass is 275 g/mol. The van der Waals surface area contributed by atoms with E-state index in [0.29, 0.717) is 12.1 Å². The predicted molar refractivity (Wildman–Crippen MR) is 84.8 cm³/mol. The molecule has 20 heavy (non-hydrogen) atoms. The summed E-state index contributed by atoms with van der Waals surface area (Å²) in [6, 6.07) is 5.56. The van der Waals surface area contributed by atoms with Gasteiger partial charge in [-0.2, -0.15) is 0 Å². The molecule has 2 heterocycles. The zero-order valence-electron chi connectivity index (χ0n) is 13.2. The molecule has 1 aliphatic rings. The normalized spacial score (nSPS) is 24.2. The van der Waals surface area contributed by atoms with Gasteiger partial charge in [0.1, 0.15) is 0 Å². The molecule has 1 aromatic rings. The van der Waals surface area contributed by atoms with Gasteiger partial charge in [0, 0.05) is 44.1 Å². The molecule has 2 unspecified atom stereocenters. The highest BCUT2D eigenvalue weighted by atomic mass is 15.2. The van der Waals surface area contributed by atoms with E-state index in [1.54, 1.807) is 0 Å². The molecule has 2 rings (SSSR count). The summed E-state index contributed by atoms with van der Waals surface area (Å²) in [6.45, 7) is 10.4. The highest BCUT2D eigenvalue weighted by Gasteiger charge is 2.26. The third kappa shape index (κ3) is 4.57. The van der Waals surface area contributed by atoms with Crippen molar-refractivity contribution in [2.24, 2.45) is 5.92 Å². The molecule has 0 saturated carbocycles. The molecule has 1 saturated heterocycles. The summed E-state index contributed by atoms with van der Waals surface area (Å²) >= 11 is 0. The van der Waals surface area contributed by atoms with Crippen molar-refractivity contribution in [1.29, 1.82) is 0 Å². The van der Waals surface area contributed by atoms with E-state index in [-0.39, 0.29) is 0 Å². The minimum absolute atomic E-state index is 0.659. The molecule has 0 amide bonds. The summed E-state index contributed by atoms with van der Waals surface area (Å²) in [5.74, 6) is 0.769. The largest absolute Gasteiger partial charge is 0.311 e. The van der Waals surface area contributed by atoms with Crippen molar-refractivity contribution >= 4 is 0 Å². The Balaban J connectivity index is 1.88. The van der Waals surface area contributed by atoms with Crippen LogP contribution in [0, 0.1) is 5.92 Å². The summed E-state index contributed by atoms with van der Waals surface area (Å²) in [4.78, 5) is 6.89. The summed E-state index contributed by atoms with van der Waals surface area (Å²) < 4.78 is 0. The first-order valence-corrected chi connectivity index (χ1v) is 8.05. The zero-order valence-corrected chi connectivity index (χ0v) is 13.2. The van der Waals surface area contributed by atoms with Gasteiger partial charge in [-0.3, -0.25) is 9.88 Å². The number of rotatable bonds is 6. The zero-order chi connectivity index (χ0) is 14.4. The van der Waals surface area contributed by atoms with Crippen LogP contribution in [0.4, 0.5) is 0 Å². The van der Waals surface area contributed by atoms with Gasteiger partial charge in [0.2, 0.25) is 0 Å². The number of pyridine rings is 1. The van der Waals surface area contributed by atoms with E-state index in [4.69, 9.17) is 0 Å². The van der Waals surface area contributed by atoms with Gasteiger partial charge in [-0.15, -0.1) is 0 Å². The maximum atomic E-state index is 4.21. The maximum absolute atomic E-state index is 4.21. The third-order valence-corrected chi connectivity index (χ3v) is 4.25. The van der Waals surface area contributed by atoms with Crippen LogP contribution in [-0.4, -0.2) is 41.6 Å². The number of hydrogen-bond donors (Lipinski definition) is 1. The molecule has 3 heteroatoms. The van der Waals surface area contributed by atoms with Crippen LogP contribution in [0.25, 0.3) is 0 Å². The van der Waals surface area contributed by atoms with Crippen LogP contribution in [-0.2, 0) is 6.42 Å². The first kappa shape index (κ1) is 15.5. The molecule has 0 aliphatic carbocycles. The van der Waals surface area contributed by atoms with Gasteiger partial charge in [0.15, 0.2) is 0 Å². The lowest BCUT2D eigenvalue weighted by atomic mass is 9.98. The molecule has 112 valence electrons. The smallest absolute Gasteiger partial charge is 0.0300 e. The molecular formula is C17H29N3.